The molecule has 4 nitrogen and oxygen atoms in total. The summed E-state index contributed by atoms with van der Waals surface area (Å²) in [5.41, 5.74) is 1.95. The SMILES string of the molecule is CCc1cc(OC)c2ncnn2c1. The van der Waals surface area contributed by atoms with E-state index >= 15 is 0 Å². The molecule has 0 aromatic carbocycles. The molecule has 0 N–H and O–H groups in total. The summed E-state index contributed by atoms with van der Waals surface area (Å²) in [5, 5.41) is 4.06. The monoisotopic (exact) mass is 177 g/mol. The molecule has 0 bridgehead atoms. The lowest BCUT2D eigenvalue weighted by Crippen LogP contribution is -1.95. The van der Waals surface area contributed by atoms with Gasteiger partial charge in [-0.05, 0) is 18.1 Å². The Labute approximate surface area is 76.2 Å². The summed E-state index contributed by atoms with van der Waals surface area (Å²) >= 11 is 0. The van der Waals surface area contributed by atoms with E-state index < -0.39 is 0 Å². The van der Waals surface area contributed by atoms with E-state index in [0.29, 0.717) is 0 Å². The Kier molecular flexibility index (Phi) is 1.88. The van der Waals surface area contributed by atoms with E-state index in [4.69, 9.17) is 4.74 Å². The number of hydrogen-bond donors (Lipinski definition) is 0. The van der Waals surface area contributed by atoms with Crippen molar-refractivity contribution in [2.24, 2.45) is 0 Å². The zero-order valence-corrected chi connectivity index (χ0v) is 7.69. The minimum atomic E-state index is 0.764. The lowest BCUT2D eigenvalue weighted by molar-refractivity contribution is 0.416. The average molecular weight is 177 g/mol. The second-order valence-electron chi connectivity index (χ2n) is 2.80. The van der Waals surface area contributed by atoms with E-state index in [1.54, 1.807) is 11.6 Å². The van der Waals surface area contributed by atoms with Crippen molar-refractivity contribution in [2.75, 3.05) is 7.11 Å². The Morgan fingerprint density at radius 1 is 1.54 bits per heavy atom. The topological polar surface area (TPSA) is 39.4 Å². The molecule has 2 aromatic heterocycles. The third-order valence-corrected chi connectivity index (χ3v) is 2.03. The van der Waals surface area contributed by atoms with Crippen LogP contribution in [0.3, 0.4) is 0 Å². The second kappa shape index (κ2) is 3.05. The Morgan fingerprint density at radius 2 is 2.38 bits per heavy atom. The summed E-state index contributed by atoms with van der Waals surface area (Å²) in [4.78, 5) is 4.09. The van der Waals surface area contributed by atoms with Gasteiger partial charge in [0.25, 0.3) is 0 Å². The maximum atomic E-state index is 5.20. The van der Waals surface area contributed by atoms with Gasteiger partial charge in [-0.15, -0.1) is 0 Å². The predicted octanol–water partition coefficient (Wildman–Crippen LogP) is 1.30. The summed E-state index contributed by atoms with van der Waals surface area (Å²) < 4.78 is 6.94. The Balaban J connectivity index is 2.70. The van der Waals surface area contributed by atoms with Gasteiger partial charge in [0.15, 0.2) is 11.4 Å². The molecule has 2 heterocycles. The number of pyridine rings is 1. The molecule has 0 unspecified atom stereocenters. The maximum Gasteiger partial charge on any atom is 0.197 e. The number of fused-ring (bicyclic) bond motifs is 1. The van der Waals surface area contributed by atoms with Gasteiger partial charge in [0.2, 0.25) is 0 Å². The van der Waals surface area contributed by atoms with Crippen molar-refractivity contribution in [3.05, 3.63) is 24.2 Å². The number of aryl methyl sites for hydroxylation is 1. The first-order chi connectivity index (χ1) is 6.35. The number of ether oxygens (including phenoxy) is 1. The molecule has 0 aliphatic heterocycles. The van der Waals surface area contributed by atoms with Gasteiger partial charge in [-0.3, -0.25) is 0 Å². The van der Waals surface area contributed by atoms with Crippen molar-refractivity contribution in [2.45, 2.75) is 13.3 Å². The fourth-order valence-electron chi connectivity index (χ4n) is 1.29. The summed E-state index contributed by atoms with van der Waals surface area (Å²) in [7, 11) is 1.64. The van der Waals surface area contributed by atoms with Crippen LogP contribution in [0.25, 0.3) is 5.65 Å². The standard InChI is InChI=1S/C9H11N3O/c1-3-7-4-8(13-2)9-10-6-11-12(9)5-7/h4-6H,3H2,1-2H3. The third kappa shape index (κ3) is 1.24. The maximum absolute atomic E-state index is 5.20. The van der Waals surface area contributed by atoms with E-state index in [1.165, 1.54) is 11.9 Å². The van der Waals surface area contributed by atoms with Gasteiger partial charge in [-0.1, -0.05) is 6.92 Å². The lowest BCUT2D eigenvalue weighted by Gasteiger charge is -2.03. The average Bonchev–Trinajstić information content (AvgIpc) is 2.63. The van der Waals surface area contributed by atoms with Crippen molar-refractivity contribution in [3.8, 4) is 5.75 Å². The number of aromatic nitrogens is 3. The molecular weight excluding hydrogens is 166 g/mol. The molecule has 2 aromatic rings. The van der Waals surface area contributed by atoms with Crippen molar-refractivity contribution in [1.82, 2.24) is 14.6 Å². The van der Waals surface area contributed by atoms with Crippen LogP contribution in [-0.4, -0.2) is 21.7 Å². The minimum absolute atomic E-state index is 0.764. The first kappa shape index (κ1) is 8.04. The molecule has 0 atom stereocenters. The van der Waals surface area contributed by atoms with Crippen LogP contribution in [0.5, 0.6) is 5.75 Å². The highest BCUT2D eigenvalue weighted by Gasteiger charge is 2.04. The Hall–Kier alpha value is -1.58. The Bertz CT molecular complexity index is 422. The van der Waals surface area contributed by atoms with Crippen LogP contribution in [0.2, 0.25) is 0 Å². The van der Waals surface area contributed by atoms with Crippen molar-refractivity contribution in [1.29, 1.82) is 0 Å². The van der Waals surface area contributed by atoms with E-state index in [1.807, 2.05) is 12.3 Å². The minimum Gasteiger partial charge on any atom is -0.493 e. The van der Waals surface area contributed by atoms with E-state index in [-0.39, 0.29) is 0 Å². The predicted molar refractivity (Wildman–Crippen MR) is 48.9 cm³/mol. The highest BCUT2D eigenvalue weighted by molar-refractivity contribution is 5.53. The molecule has 0 aliphatic carbocycles. The van der Waals surface area contributed by atoms with Crippen molar-refractivity contribution in [3.63, 3.8) is 0 Å². The number of nitrogens with zero attached hydrogens (tertiary/aromatic N) is 3. The summed E-state index contributed by atoms with van der Waals surface area (Å²) in [6.07, 6.45) is 4.45. The molecule has 0 aliphatic rings. The largest absolute Gasteiger partial charge is 0.493 e. The molecule has 13 heavy (non-hydrogen) atoms. The summed E-state index contributed by atoms with van der Waals surface area (Å²) in [5.74, 6) is 0.775. The van der Waals surface area contributed by atoms with E-state index in [0.717, 1.165) is 17.8 Å². The van der Waals surface area contributed by atoms with Crippen LogP contribution < -0.4 is 4.74 Å². The molecule has 0 amide bonds. The molecule has 0 saturated carbocycles. The van der Waals surface area contributed by atoms with Crippen LogP contribution in [0.1, 0.15) is 12.5 Å². The highest BCUT2D eigenvalue weighted by Crippen LogP contribution is 2.18. The van der Waals surface area contributed by atoms with Gasteiger partial charge in [-0.25, -0.2) is 9.50 Å². The van der Waals surface area contributed by atoms with E-state index in [2.05, 4.69) is 17.0 Å². The highest BCUT2D eigenvalue weighted by atomic mass is 16.5. The zero-order chi connectivity index (χ0) is 9.26. The van der Waals surface area contributed by atoms with Crippen molar-refractivity contribution < 1.29 is 4.74 Å². The molecule has 0 fully saturated rings. The smallest absolute Gasteiger partial charge is 0.197 e. The van der Waals surface area contributed by atoms with Gasteiger partial charge in [0, 0.05) is 6.20 Å². The lowest BCUT2D eigenvalue weighted by atomic mass is 10.2. The van der Waals surface area contributed by atoms with Crippen molar-refractivity contribution >= 4 is 5.65 Å². The summed E-state index contributed by atoms with van der Waals surface area (Å²) in [6.45, 7) is 2.09. The van der Waals surface area contributed by atoms with Crippen LogP contribution in [0.4, 0.5) is 0 Å². The first-order valence-corrected chi connectivity index (χ1v) is 4.21. The van der Waals surface area contributed by atoms with Crippen LogP contribution in [0.15, 0.2) is 18.6 Å². The van der Waals surface area contributed by atoms with Gasteiger partial charge in [-0.2, -0.15) is 5.10 Å². The molecule has 2 rings (SSSR count). The van der Waals surface area contributed by atoms with E-state index in [9.17, 15) is 0 Å². The zero-order valence-electron chi connectivity index (χ0n) is 7.69. The van der Waals surface area contributed by atoms with Gasteiger partial charge in [0.05, 0.1) is 7.11 Å². The van der Waals surface area contributed by atoms with Gasteiger partial charge in [0.1, 0.15) is 6.33 Å². The molecule has 0 spiro atoms. The summed E-state index contributed by atoms with van der Waals surface area (Å²) in [6, 6.07) is 1.99. The van der Waals surface area contributed by atoms with Gasteiger partial charge < -0.3 is 4.74 Å². The number of hydrogen-bond acceptors (Lipinski definition) is 3. The van der Waals surface area contributed by atoms with Crippen LogP contribution in [0, 0.1) is 0 Å². The third-order valence-electron chi connectivity index (χ3n) is 2.03. The molecule has 0 saturated heterocycles. The Morgan fingerprint density at radius 3 is 3.08 bits per heavy atom. The fourth-order valence-corrected chi connectivity index (χ4v) is 1.29. The second-order valence-corrected chi connectivity index (χ2v) is 2.80. The fraction of sp³-hybridized carbons (Fsp3) is 0.333. The first-order valence-electron chi connectivity index (χ1n) is 4.21. The molecule has 68 valence electrons. The number of rotatable bonds is 2. The van der Waals surface area contributed by atoms with Crippen LogP contribution >= 0.6 is 0 Å². The normalized spacial score (nSPS) is 10.6. The van der Waals surface area contributed by atoms with Gasteiger partial charge >= 0.3 is 0 Å². The molecule has 4 heteroatoms. The molecule has 0 radical (unpaired) electrons. The quantitative estimate of drug-likeness (QED) is 0.694. The van der Waals surface area contributed by atoms with Crippen LogP contribution in [-0.2, 0) is 6.42 Å². The molecular formula is C9H11N3O. The number of methoxy groups -OCH3 is 1.